The predicted molar refractivity (Wildman–Crippen MR) is 112 cm³/mol. The number of halogens is 1. The third kappa shape index (κ3) is 5.81. The molecule has 0 saturated carbocycles. The lowest BCUT2D eigenvalue weighted by atomic mass is 10.1. The highest BCUT2D eigenvalue weighted by Gasteiger charge is 2.09. The maximum absolute atomic E-state index is 13.0. The maximum atomic E-state index is 13.0. The summed E-state index contributed by atoms with van der Waals surface area (Å²) in [6.07, 6.45) is 0. The van der Waals surface area contributed by atoms with Gasteiger partial charge < -0.3 is 20.1 Å². The number of ether oxygens (including phenoxy) is 2. The molecular formula is C23H21FN2O4. The van der Waals surface area contributed by atoms with Gasteiger partial charge >= 0.3 is 0 Å². The first kappa shape index (κ1) is 20.9. The second kappa shape index (κ2) is 10.1. The predicted octanol–water partition coefficient (Wildman–Crippen LogP) is 3.90. The van der Waals surface area contributed by atoms with E-state index in [0.717, 1.165) is 5.75 Å². The normalized spacial score (nSPS) is 10.2. The summed E-state index contributed by atoms with van der Waals surface area (Å²) < 4.78 is 23.6. The van der Waals surface area contributed by atoms with Crippen molar-refractivity contribution in [2.45, 2.75) is 0 Å². The molecule has 0 unspecified atom stereocenters. The summed E-state index contributed by atoms with van der Waals surface area (Å²) in [5.41, 5.74) is 1.18. The highest BCUT2D eigenvalue weighted by atomic mass is 19.1. The van der Waals surface area contributed by atoms with Crippen molar-refractivity contribution >= 4 is 17.5 Å². The van der Waals surface area contributed by atoms with Crippen molar-refractivity contribution in [1.29, 1.82) is 0 Å². The molecule has 3 aromatic carbocycles. The maximum Gasteiger partial charge on any atom is 0.255 e. The van der Waals surface area contributed by atoms with Crippen molar-refractivity contribution in [1.82, 2.24) is 5.32 Å². The molecule has 0 spiro atoms. The zero-order valence-corrected chi connectivity index (χ0v) is 16.4. The Labute approximate surface area is 173 Å². The first-order chi connectivity index (χ1) is 14.5. The van der Waals surface area contributed by atoms with Gasteiger partial charge in [0.1, 0.15) is 23.9 Å². The molecule has 154 valence electrons. The lowest BCUT2D eigenvalue weighted by Gasteiger charge is -2.10. The Bertz CT molecular complexity index is 1000. The number of anilines is 1. The number of benzene rings is 3. The van der Waals surface area contributed by atoms with Crippen LogP contribution in [0.1, 0.15) is 20.7 Å². The third-order valence-electron chi connectivity index (χ3n) is 4.20. The second-order valence-electron chi connectivity index (χ2n) is 6.32. The lowest BCUT2D eigenvalue weighted by molar-refractivity contribution is 0.0945. The minimum Gasteiger partial charge on any atom is -0.497 e. The molecule has 0 aliphatic rings. The van der Waals surface area contributed by atoms with E-state index in [0.29, 0.717) is 35.7 Å². The van der Waals surface area contributed by atoms with Crippen LogP contribution in [0.3, 0.4) is 0 Å². The zero-order chi connectivity index (χ0) is 21.3. The molecule has 3 rings (SSSR count). The van der Waals surface area contributed by atoms with Gasteiger partial charge in [0.25, 0.3) is 11.8 Å². The monoisotopic (exact) mass is 408 g/mol. The molecule has 6 nitrogen and oxygen atoms in total. The molecular weight excluding hydrogens is 387 g/mol. The van der Waals surface area contributed by atoms with Crippen LogP contribution in [-0.2, 0) is 0 Å². The van der Waals surface area contributed by atoms with Crippen molar-refractivity contribution in [3.8, 4) is 11.5 Å². The number of nitrogens with one attached hydrogen (secondary N) is 2. The van der Waals surface area contributed by atoms with E-state index < -0.39 is 5.82 Å². The van der Waals surface area contributed by atoms with Gasteiger partial charge in [0.05, 0.1) is 13.7 Å². The standard InChI is InChI=1S/C23H21FN2O4/c1-29-20-9-11-21(12-10-20)30-14-13-25-22(27)17-3-2-4-19(15-17)26-23(28)16-5-7-18(24)8-6-16/h2-12,15H,13-14H2,1H3,(H,25,27)(H,26,28). The molecule has 0 bridgehead atoms. The minimum atomic E-state index is -0.416. The quantitative estimate of drug-likeness (QED) is 0.555. The number of methoxy groups -OCH3 is 1. The van der Waals surface area contributed by atoms with E-state index in [9.17, 15) is 14.0 Å². The van der Waals surface area contributed by atoms with Crippen LogP contribution in [0.5, 0.6) is 11.5 Å². The summed E-state index contributed by atoms with van der Waals surface area (Å²) in [7, 11) is 1.59. The summed E-state index contributed by atoms with van der Waals surface area (Å²) in [5, 5.41) is 5.46. The number of hydrogen-bond donors (Lipinski definition) is 2. The zero-order valence-electron chi connectivity index (χ0n) is 16.4. The Morgan fingerprint density at radius 3 is 2.27 bits per heavy atom. The fourth-order valence-corrected chi connectivity index (χ4v) is 2.65. The highest BCUT2D eigenvalue weighted by molar-refractivity contribution is 6.05. The van der Waals surface area contributed by atoms with Crippen LogP contribution in [0.4, 0.5) is 10.1 Å². The van der Waals surface area contributed by atoms with Gasteiger partial charge in [-0.1, -0.05) is 6.07 Å². The molecule has 0 saturated heterocycles. The van der Waals surface area contributed by atoms with Crippen LogP contribution in [0.25, 0.3) is 0 Å². The molecule has 0 atom stereocenters. The lowest BCUT2D eigenvalue weighted by Crippen LogP contribution is -2.28. The third-order valence-corrected chi connectivity index (χ3v) is 4.20. The van der Waals surface area contributed by atoms with Crippen molar-refractivity contribution < 1.29 is 23.5 Å². The van der Waals surface area contributed by atoms with Gasteiger partial charge in [0.2, 0.25) is 0 Å². The molecule has 3 aromatic rings. The number of carbonyl (C=O) groups is 2. The van der Waals surface area contributed by atoms with Crippen molar-refractivity contribution in [2.24, 2.45) is 0 Å². The van der Waals surface area contributed by atoms with Gasteiger partial charge in [-0.25, -0.2) is 4.39 Å². The fraction of sp³-hybridized carbons (Fsp3) is 0.130. The van der Waals surface area contributed by atoms with Crippen molar-refractivity contribution in [3.05, 3.63) is 89.7 Å². The average molecular weight is 408 g/mol. The Hall–Kier alpha value is -3.87. The smallest absolute Gasteiger partial charge is 0.255 e. The molecule has 0 aromatic heterocycles. The van der Waals surface area contributed by atoms with E-state index in [2.05, 4.69) is 10.6 Å². The number of hydrogen-bond acceptors (Lipinski definition) is 4. The number of rotatable bonds is 8. The second-order valence-corrected chi connectivity index (χ2v) is 6.32. The topological polar surface area (TPSA) is 76.7 Å². The summed E-state index contributed by atoms with van der Waals surface area (Å²) in [4.78, 5) is 24.6. The van der Waals surface area contributed by atoms with E-state index in [4.69, 9.17) is 9.47 Å². The molecule has 0 aliphatic heterocycles. The van der Waals surface area contributed by atoms with Gasteiger partial charge in [0, 0.05) is 16.8 Å². The van der Waals surface area contributed by atoms with E-state index in [1.54, 1.807) is 55.6 Å². The summed E-state index contributed by atoms with van der Waals surface area (Å²) >= 11 is 0. The number of amides is 2. The van der Waals surface area contributed by atoms with Crippen LogP contribution in [-0.4, -0.2) is 32.1 Å². The molecule has 0 aliphatic carbocycles. The molecule has 2 N–H and O–H groups in total. The Kier molecular flexibility index (Phi) is 7.00. The van der Waals surface area contributed by atoms with E-state index in [1.807, 2.05) is 0 Å². The SMILES string of the molecule is COc1ccc(OCCNC(=O)c2cccc(NC(=O)c3ccc(F)cc3)c2)cc1. The van der Waals surface area contributed by atoms with Crippen molar-refractivity contribution in [3.63, 3.8) is 0 Å². The number of carbonyl (C=O) groups excluding carboxylic acids is 2. The Balaban J connectivity index is 1.50. The van der Waals surface area contributed by atoms with Gasteiger partial charge in [-0.2, -0.15) is 0 Å². The van der Waals surface area contributed by atoms with Gasteiger partial charge in [0.15, 0.2) is 0 Å². The van der Waals surface area contributed by atoms with Crippen molar-refractivity contribution in [2.75, 3.05) is 25.6 Å². The van der Waals surface area contributed by atoms with Crippen LogP contribution in [0.15, 0.2) is 72.8 Å². The largest absolute Gasteiger partial charge is 0.497 e. The summed E-state index contributed by atoms with van der Waals surface area (Å²) in [6.45, 7) is 0.621. The van der Waals surface area contributed by atoms with Crippen LogP contribution in [0, 0.1) is 5.82 Å². The average Bonchev–Trinajstić information content (AvgIpc) is 2.77. The summed E-state index contributed by atoms with van der Waals surface area (Å²) in [5.74, 6) is 0.324. The van der Waals surface area contributed by atoms with Crippen LogP contribution >= 0.6 is 0 Å². The van der Waals surface area contributed by atoms with E-state index >= 15 is 0 Å². The van der Waals surface area contributed by atoms with Gasteiger partial charge in [-0.3, -0.25) is 9.59 Å². The first-order valence-corrected chi connectivity index (χ1v) is 9.27. The Morgan fingerprint density at radius 2 is 1.57 bits per heavy atom. The summed E-state index contributed by atoms with van der Waals surface area (Å²) in [6, 6.07) is 18.9. The molecule has 7 heteroatoms. The van der Waals surface area contributed by atoms with Gasteiger partial charge in [-0.15, -0.1) is 0 Å². The molecule has 30 heavy (non-hydrogen) atoms. The van der Waals surface area contributed by atoms with Crippen LogP contribution in [0.2, 0.25) is 0 Å². The molecule has 2 amide bonds. The first-order valence-electron chi connectivity index (χ1n) is 9.27. The van der Waals surface area contributed by atoms with Crippen LogP contribution < -0.4 is 20.1 Å². The fourth-order valence-electron chi connectivity index (χ4n) is 2.65. The molecule has 0 heterocycles. The Morgan fingerprint density at radius 1 is 0.867 bits per heavy atom. The molecule has 0 fully saturated rings. The van der Waals surface area contributed by atoms with E-state index in [-0.39, 0.29) is 11.8 Å². The highest BCUT2D eigenvalue weighted by Crippen LogP contribution is 2.17. The van der Waals surface area contributed by atoms with E-state index in [1.165, 1.54) is 24.3 Å². The van der Waals surface area contributed by atoms with Gasteiger partial charge in [-0.05, 0) is 66.7 Å². The minimum absolute atomic E-state index is 0.286. The molecule has 0 radical (unpaired) electrons.